The Morgan fingerprint density at radius 2 is 2.14 bits per heavy atom. The van der Waals surface area contributed by atoms with E-state index in [2.05, 4.69) is 26.0 Å². The van der Waals surface area contributed by atoms with Crippen molar-refractivity contribution in [1.82, 2.24) is 0 Å². The second kappa shape index (κ2) is 5.20. The van der Waals surface area contributed by atoms with E-state index in [-0.39, 0.29) is 6.10 Å². The van der Waals surface area contributed by atoms with Gasteiger partial charge in [-0.25, -0.2) is 0 Å². The zero-order valence-electron chi connectivity index (χ0n) is 9.54. The molecule has 0 radical (unpaired) electrons. The highest BCUT2D eigenvalue weighted by Crippen LogP contribution is 2.25. The standard InChI is InChI=1S/C12H20O2/c1-5-10-7-11(13-3)6-9(2)12(8-10)14-4/h7-9,12H,5-6H2,1-4H3. The van der Waals surface area contributed by atoms with Gasteiger partial charge in [0.05, 0.1) is 19.0 Å². The van der Waals surface area contributed by atoms with Crippen LogP contribution in [0.2, 0.25) is 0 Å². The summed E-state index contributed by atoms with van der Waals surface area (Å²) in [6.45, 7) is 4.34. The van der Waals surface area contributed by atoms with Crippen LogP contribution in [-0.4, -0.2) is 20.3 Å². The molecule has 0 saturated heterocycles. The van der Waals surface area contributed by atoms with Crippen molar-refractivity contribution in [3.63, 3.8) is 0 Å². The zero-order chi connectivity index (χ0) is 10.6. The molecule has 1 aliphatic rings. The summed E-state index contributed by atoms with van der Waals surface area (Å²) < 4.78 is 10.8. The van der Waals surface area contributed by atoms with Gasteiger partial charge in [0.1, 0.15) is 0 Å². The molecule has 0 saturated carbocycles. The average molecular weight is 196 g/mol. The van der Waals surface area contributed by atoms with Gasteiger partial charge in [-0.1, -0.05) is 19.9 Å². The molecule has 0 N–H and O–H groups in total. The molecule has 1 rings (SSSR count). The van der Waals surface area contributed by atoms with E-state index in [9.17, 15) is 0 Å². The van der Waals surface area contributed by atoms with Gasteiger partial charge in [0.25, 0.3) is 0 Å². The predicted octanol–water partition coefficient (Wildman–Crippen LogP) is 2.91. The van der Waals surface area contributed by atoms with Crippen LogP contribution in [0.1, 0.15) is 26.7 Å². The summed E-state index contributed by atoms with van der Waals surface area (Å²) in [6, 6.07) is 0. The molecule has 2 atom stereocenters. The molecular weight excluding hydrogens is 176 g/mol. The van der Waals surface area contributed by atoms with E-state index in [1.54, 1.807) is 14.2 Å². The maximum Gasteiger partial charge on any atom is 0.0961 e. The minimum atomic E-state index is 0.217. The molecule has 0 aliphatic heterocycles. The van der Waals surface area contributed by atoms with Crippen LogP contribution in [0.3, 0.4) is 0 Å². The quantitative estimate of drug-likeness (QED) is 0.691. The normalized spacial score (nSPS) is 27.7. The highest BCUT2D eigenvalue weighted by Gasteiger charge is 2.19. The van der Waals surface area contributed by atoms with Crippen molar-refractivity contribution in [2.75, 3.05) is 14.2 Å². The second-order valence-electron chi connectivity index (χ2n) is 3.79. The summed E-state index contributed by atoms with van der Waals surface area (Å²) in [5, 5.41) is 0. The van der Waals surface area contributed by atoms with Gasteiger partial charge in [-0.2, -0.15) is 0 Å². The first-order chi connectivity index (χ1) is 6.71. The Kier molecular flexibility index (Phi) is 4.21. The van der Waals surface area contributed by atoms with Crippen molar-refractivity contribution in [1.29, 1.82) is 0 Å². The van der Waals surface area contributed by atoms with Gasteiger partial charge >= 0.3 is 0 Å². The third-order valence-corrected chi connectivity index (χ3v) is 2.75. The summed E-state index contributed by atoms with van der Waals surface area (Å²) in [5.41, 5.74) is 1.30. The largest absolute Gasteiger partial charge is 0.501 e. The van der Waals surface area contributed by atoms with Crippen LogP contribution in [-0.2, 0) is 9.47 Å². The van der Waals surface area contributed by atoms with Crippen molar-refractivity contribution in [3.05, 3.63) is 23.5 Å². The van der Waals surface area contributed by atoms with Crippen LogP contribution in [0, 0.1) is 5.92 Å². The summed E-state index contributed by atoms with van der Waals surface area (Å²) >= 11 is 0. The predicted molar refractivity (Wildman–Crippen MR) is 58.0 cm³/mol. The molecular formula is C12H20O2. The van der Waals surface area contributed by atoms with Crippen molar-refractivity contribution in [2.45, 2.75) is 32.8 Å². The van der Waals surface area contributed by atoms with E-state index in [4.69, 9.17) is 9.47 Å². The lowest BCUT2D eigenvalue weighted by molar-refractivity contribution is 0.0904. The van der Waals surface area contributed by atoms with Crippen LogP contribution >= 0.6 is 0 Å². The highest BCUT2D eigenvalue weighted by atomic mass is 16.5. The number of ether oxygens (including phenoxy) is 2. The fraction of sp³-hybridized carbons (Fsp3) is 0.667. The third kappa shape index (κ3) is 2.61. The average Bonchev–Trinajstić information content (AvgIpc) is 2.36. The lowest BCUT2D eigenvalue weighted by atomic mass is 10.0. The van der Waals surface area contributed by atoms with Gasteiger partial charge in [0.15, 0.2) is 0 Å². The fourth-order valence-electron chi connectivity index (χ4n) is 1.79. The maximum atomic E-state index is 5.44. The first kappa shape index (κ1) is 11.3. The van der Waals surface area contributed by atoms with Crippen LogP contribution in [0.15, 0.2) is 23.5 Å². The van der Waals surface area contributed by atoms with Crippen molar-refractivity contribution < 1.29 is 9.47 Å². The molecule has 0 aromatic heterocycles. The number of hydrogen-bond donors (Lipinski definition) is 0. The van der Waals surface area contributed by atoms with E-state index in [1.807, 2.05) is 0 Å². The van der Waals surface area contributed by atoms with Gasteiger partial charge in [0, 0.05) is 13.5 Å². The van der Waals surface area contributed by atoms with E-state index in [1.165, 1.54) is 5.57 Å². The molecule has 0 amide bonds. The van der Waals surface area contributed by atoms with Crippen molar-refractivity contribution in [3.8, 4) is 0 Å². The molecule has 0 heterocycles. The molecule has 0 bridgehead atoms. The highest BCUT2D eigenvalue weighted by molar-refractivity contribution is 5.25. The molecule has 0 fully saturated rings. The van der Waals surface area contributed by atoms with Gasteiger partial charge in [-0.15, -0.1) is 0 Å². The zero-order valence-corrected chi connectivity index (χ0v) is 9.54. The van der Waals surface area contributed by atoms with E-state index >= 15 is 0 Å². The van der Waals surface area contributed by atoms with Crippen LogP contribution in [0.25, 0.3) is 0 Å². The van der Waals surface area contributed by atoms with Gasteiger partial charge in [-0.3, -0.25) is 0 Å². The molecule has 80 valence electrons. The number of allylic oxidation sites excluding steroid dienone is 3. The SMILES string of the molecule is CCC1=CC(OC)C(C)CC(OC)=C1. The van der Waals surface area contributed by atoms with Crippen LogP contribution in [0.5, 0.6) is 0 Å². The molecule has 1 aliphatic carbocycles. The molecule has 14 heavy (non-hydrogen) atoms. The topological polar surface area (TPSA) is 18.5 Å². The van der Waals surface area contributed by atoms with E-state index in [0.717, 1.165) is 18.6 Å². The lowest BCUT2D eigenvalue weighted by Crippen LogP contribution is -2.17. The molecule has 0 aromatic rings. The Morgan fingerprint density at radius 1 is 1.43 bits per heavy atom. The maximum absolute atomic E-state index is 5.44. The first-order valence-corrected chi connectivity index (χ1v) is 5.19. The van der Waals surface area contributed by atoms with Gasteiger partial charge in [-0.05, 0) is 24.0 Å². The summed E-state index contributed by atoms with van der Waals surface area (Å²) in [6.07, 6.45) is 6.54. The Balaban J connectivity index is 2.86. The van der Waals surface area contributed by atoms with Crippen molar-refractivity contribution in [2.24, 2.45) is 5.92 Å². The minimum Gasteiger partial charge on any atom is -0.501 e. The lowest BCUT2D eigenvalue weighted by Gasteiger charge is -2.18. The molecule has 2 unspecified atom stereocenters. The second-order valence-corrected chi connectivity index (χ2v) is 3.79. The van der Waals surface area contributed by atoms with Gasteiger partial charge in [0.2, 0.25) is 0 Å². The molecule has 0 spiro atoms. The van der Waals surface area contributed by atoms with E-state index < -0.39 is 0 Å². The summed E-state index contributed by atoms with van der Waals surface area (Å²) in [7, 11) is 3.50. The fourth-order valence-corrected chi connectivity index (χ4v) is 1.79. The van der Waals surface area contributed by atoms with Crippen LogP contribution < -0.4 is 0 Å². The van der Waals surface area contributed by atoms with Crippen molar-refractivity contribution >= 4 is 0 Å². The number of methoxy groups -OCH3 is 2. The monoisotopic (exact) mass is 196 g/mol. The molecule has 2 heteroatoms. The molecule has 0 aromatic carbocycles. The number of hydrogen-bond acceptors (Lipinski definition) is 2. The van der Waals surface area contributed by atoms with Crippen LogP contribution in [0.4, 0.5) is 0 Å². The minimum absolute atomic E-state index is 0.217. The Bertz CT molecular complexity index is 241. The Morgan fingerprint density at radius 3 is 2.64 bits per heavy atom. The first-order valence-electron chi connectivity index (χ1n) is 5.19. The third-order valence-electron chi connectivity index (χ3n) is 2.75. The Labute approximate surface area is 86.6 Å². The summed E-state index contributed by atoms with van der Waals surface area (Å²) in [5.74, 6) is 1.54. The smallest absolute Gasteiger partial charge is 0.0961 e. The van der Waals surface area contributed by atoms with Gasteiger partial charge < -0.3 is 9.47 Å². The molecule has 2 nitrogen and oxygen atoms in total. The number of rotatable bonds is 3. The van der Waals surface area contributed by atoms with E-state index in [0.29, 0.717) is 5.92 Å². The summed E-state index contributed by atoms with van der Waals surface area (Å²) in [4.78, 5) is 0. The Hall–Kier alpha value is -0.760.